The number of carbonyl (C=O) groups is 2. The van der Waals surface area contributed by atoms with Gasteiger partial charge in [0.25, 0.3) is 0 Å². The summed E-state index contributed by atoms with van der Waals surface area (Å²) >= 11 is 11.9. The molecule has 1 aromatic rings. The predicted octanol–water partition coefficient (Wildman–Crippen LogP) is 3.25. The van der Waals surface area contributed by atoms with E-state index < -0.39 is 11.4 Å². The first-order valence-corrected chi connectivity index (χ1v) is 7.52. The number of carbonyl (C=O) groups excluding carboxylic acids is 1. The van der Waals surface area contributed by atoms with E-state index in [-0.39, 0.29) is 12.5 Å². The highest BCUT2D eigenvalue weighted by molar-refractivity contribution is 6.35. The molecule has 1 amide bonds. The highest BCUT2D eigenvalue weighted by Crippen LogP contribution is 2.30. The quantitative estimate of drug-likeness (QED) is 0.922. The average Bonchev–Trinajstić information content (AvgIpc) is 2.82. The predicted molar refractivity (Wildman–Crippen MR) is 81.7 cm³/mol. The van der Waals surface area contributed by atoms with E-state index in [2.05, 4.69) is 0 Å². The lowest BCUT2D eigenvalue weighted by atomic mass is 9.90. The van der Waals surface area contributed by atoms with Gasteiger partial charge in [0.15, 0.2) is 0 Å². The van der Waals surface area contributed by atoms with Gasteiger partial charge >= 0.3 is 5.97 Å². The van der Waals surface area contributed by atoms with Crippen LogP contribution in [0.5, 0.6) is 0 Å². The van der Waals surface area contributed by atoms with Crippen LogP contribution in [-0.2, 0) is 16.0 Å². The van der Waals surface area contributed by atoms with Crippen molar-refractivity contribution >= 4 is 35.1 Å². The Balaban J connectivity index is 1.93. The van der Waals surface area contributed by atoms with Crippen molar-refractivity contribution in [1.29, 1.82) is 0 Å². The lowest BCUT2D eigenvalue weighted by Gasteiger charge is -2.20. The van der Waals surface area contributed by atoms with Crippen molar-refractivity contribution in [3.8, 4) is 0 Å². The molecule has 1 atom stereocenters. The smallest absolute Gasteiger partial charge is 0.311 e. The fourth-order valence-electron chi connectivity index (χ4n) is 2.47. The molecular weight excluding hydrogens is 313 g/mol. The van der Waals surface area contributed by atoms with Gasteiger partial charge in [0.2, 0.25) is 5.91 Å². The summed E-state index contributed by atoms with van der Waals surface area (Å²) in [6.45, 7) is 2.45. The van der Waals surface area contributed by atoms with Gasteiger partial charge in [0, 0.05) is 29.6 Å². The molecular formula is C15H17Cl2NO3. The number of benzene rings is 1. The normalized spacial score (nSPS) is 21.6. The maximum absolute atomic E-state index is 12.2. The van der Waals surface area contributed by atoms with Crippen LogP contribution in [0.25, 0.3) is 0 Å². The van der Waals surface area contributed by atoms with Crippen molar-refractivity contribution in [1.82, 2.24) is 4.90 Å². The molecule has 0 radical (unpaired) electrons. The van der Waals surface area contributed by atoms with Crippen LogP contribution in [0.15, 0.2) is 18.2 Å². The summed E-state index contributed by atoms with van der Waals surface area (Å²) in [5.74, 6) is -0.885. The van der Waals surface area contributed by atoms with Crippen molar-refractivity contribution < 1.29 is 14.7 Å². The van der Waals surface area contributed by atoms with Crippen molar-refractivity contribution in [2.24, 2.45) is 5.41 Å². The molecule has 1 aromatic carbocycles. The zero-order valence-corrected chi connectivity index (χ0v) is 13.2. The number of amides is 1. The van der Waals surface area contributed by atoms with Crippen LogP contribution in [0, 0.1) is 5.41 Å². The zero-order valence-electron chi connectivity index (χ0n) is 11.7. The third-order valence-corrected chi connectivity index (χ3v) is 4.55. The summed E-state index contributed by atoms with van der Waals surface area (Å²) in [5.41, 5.74) is 0.0442. The number of halogens is 2. The van der Waals surface area contributed by atoms with Crippen molar-refractivity contribution in [2.45, 2.75) is 26.2 Å². The molecule has 0 aliphatic carbocycles. The Morgan fingerprint density at radius 3 is 2.67 bits per heavy atom. The Kier molecular flexibility index (Phi) is 4.79. The number of aryl methyl sites for hydroxylation is 1. The fourth-order valence-corrected chi connectivity index (χ4v) is 2.98. The molecule has 0 aromatic heterocycles. The second-order valence-electron chi connectivity index (χ2n) is 5.67. The van der Waals surface area contributed by atoms with Gasteiger partial charge in [-0.05, 0) is 37.5 Å². The Bertz CT molecular complexity index is 576. The summed E-state index contributed by atoms with van der Waals surface area (Å²) in [6.07, 6.45) is 1.34. The molecule has 1 N–H and O–H groups in total. The van der Waals surface area contributed by atoms with E-state index in [1.807, 2.05) is 6.07 Å². The molecule has 0 saturated carbocycles. The first-order valence-electron chi connectivity index (χ1n) is 6.77. The van der Waals surface area contributed by atoms with Crippen LogP contribution in [0.3, 0.4) is 0 Å². The largest absolute Gasteiger partial charge is 0.481 e. The second kappa shape index (κ2) is 6.24. The first-order chi connectivity index (χ1) is 9.82. The van der Waals surface area contributed by atoms with Crippen molar-refractivity contribution in [3.05, 3.63) is 33.8 Å². The Labute approximate surface area is 133 Å². The van der Waals surface area contributed by atoms with E-state index in [0.29, 0.717) is 35.9 Å². The molecule has 1 fully saturated rings. The van der Waals surface area contributed by atoms with E-state index in [0.717, 1.165) is 5.56 Å². The minimum Gasteiger partial charge on any atom is -0.481 e. The molecule has 21 heavy (non-hydrogen) atoms. The monoisotopic (exact) mass is 329 g/mol. The van der Waals surface area contributed by atoms with Crippen LogP contribution < -0.4 is 0 Å². The van der Waals surface area contributed by atoms with Gasteiger partial charge in [0.05, 0.1) is 5.41 Å². The number of rotatable bonds is 4. The Morgan fingerprint density at radius 1 is 1.38 bits per heavy atom. The van der Waals surface area contributed by atoms with Gasteiger partial charge in [-0.15, -0.1) is 0 Å². The molecule has 1 unspecified atom stereocenters. The van der Waals surface area contributed by atoms with Gasteiger partial charge < -0.3 is 10.0 Å². The maximum Gasteiger partial charge on any atom is 0.311 e. The average molecular weight is 330 g/mol. The maximum atomic E-state index is 12.2. The van der Waals surface area contributed by atoms with Crippen LogP contribution in [0.1, 0.15) is 25.3 Å². The van der Waals surface area contributed by atoms with Crippen LogP contribution in [0.2, 0.25) is 10.0 Å². The van der Waals surface area contributed by atoms with Gasteiger partial charge in [-0.1, -0.05) is 29.3 Å². The molecule has 1 heterocycles. The molecule has 1 aliphatic rings. The van der Waals surface area contributed by atoms with Gasteiger partial charge in [-0.2, -0.15) is 0 Å². The van der Waals surface area contributed by atoms with Crippen molar-refractivity contribution in [2.75, 3.05) is 13.1 Å². The summed E-state index contributed by atoms with van der Waals surface area (Å²) < 4.78 is 0. The van der Waals surface area contributed by atoms with Crippen LogP contribution in [-0.4, -0.2) is 35.0 Å². The summed E-state index contributed by atoms with van der Waals surface area (Å²) in [7, 11) is 0. The minimum atomic E-state index is -0.849. The SMILES string of the molecule is CC1(C(=O)O)CCN(C(=O)CCc2ccc(Cl)cc2Cl)C1. The Morgan fingerprint density at radius 2 is 2.10 bits per heavy atom. The van der Waals surface area contributed by atoms with E-state index in [9.17, 15) is 14.7 Å². The number of hydrogen-bond donors (Lipinski definition) is 1. The number of nitrogens with zero attached hydrogens (tertiary/aromatic N) is 1. The third-order valence-electron chi connectivity index (χ3n) is 3.97. The van der Waals surface area contributed by atoms with Gasteiger partial charge in [-0.25, -0.2) is 0 Å². The lowest BCUT2D eigenvalue weighted by molar-refractivity contribution is -0.147. The number of likely N-dealkylation sites (tertiary alicyclic amines) is 1. The minimum absolute atomic E-state index is 0.0361. The summed E-state index contributed by atoms with van der Waals surface area (Å²) in [4.78, 5) is 25.0. The number of carboxylic acid groups (broad SMARTS) is 1. The van der Waals surface area contributed by atoms with Crippen molar-refractivity contribution in [3.63, 3.8) is 0 Å². The molecule has 0 spiro atoms. The van der Waals surface area contributed by atoms with Gasteiger partial charge in [-0.3, -0.25) is 9.59 Å². The topological polar surface area (TPSA) is 57.6 Å². The molecule has 114 valence electrons. The van der Waals surface area contributed by atoms with E-state index in [1.54, 1.807) is 24.0 Å². The molecule has 2 rings (SSSR count). The Hall–Kier alpha value is -1.26. The molecule has 0 bridgehead atoms. The molecule has 1 saturated heterocycles. The van der Waals surface area contributed by atoms with Gasteiger partial charge in [0.1, 0.15) is 0 Å². The lowest BCUT2D eigenvalue weighted by Crippen LogP contribution is -2.34. The van der Waals surface area contributed by atoms with E-state index in [1.165, 1.54) is 0 Å². The zero-order chi connectivity index (χ0) is 15.6. The standard InChI is InChI=1S/C15H17Cl2NO3/c1-15(14(20)21)6-7-18(9-15)13(19)5-3-10-2-4-11(16)8-12(10)17/h2,4,8H,3,5-7,9H2,1H3,(H,20,21). The van der Waals surface area contributed by atoms with E-state index >= 15 is 0 Å². The van der Waals surface area contributed by atoms with E-state index in [4.69, 9.17) is 23.2 Å². The number of aliphatic carboxylic acids is 1. The van der Waals surface area contributed by atoms with Crippen LogP contribution in [0.4, 0.5) is 0 Å². The molecule has 1 aliphatic heterocycles. The summed E-state index contributed by atoms with van der Waals surface area (Å²) in [6, 6.07) is 5.20. The second-order valence-corrected chi connectivity index (χ2v) is 6.51. The molecule has 6 heteroatoms. The summed E-state index contributed by atoms with van der Waals surface area (Å²) in [5, 5.41) is 10.3. The molecule has 4 nitrogen and oxygen atoms in total. The highest BCUT2D eigenvalue weighted by Gasteiger charge is 2.41. The number of carboxylic acids is 1. The highest BCUT2D eigenvalue weighted by atomic mass is 35.5. The fraction of sp³-hybridized carbons (Fsp3) is 0.467. The third kappa shape index (κ3) is 3.69. The first kappa shape index (κ1) is 16.1. The van der Waals surface area contributed by atoms with Crippen LogP contribution >= 0.6 is 23.2 Å². The number of hydrogen-bond acceptors (Lipinski definition) is 2.